The summed E-state index contributed by atoms with van der Waals surface area (Å²) in [4.78, 5) is 21.3. The van der Waals surface area contributed by atoms with Gasteiger partial charge < -0.3 is 9.80 Å². The third kappa shape index (κ3) is 3.32. The lowest BCUT2D eigenvalue weighted by atomic mass is 10.2. The Bertz CT molecular complexity index is 892. The highest BCUT2D eigenvalue weighted by Crippen LogP contribution is 2.20. The first-order valence-electron chi connectivity index (χ1n) is 8.38. The fraction of sp³-hybridized carbons (Fsp3) is 0.333. The summed E-state index contributed by atoms with van der Waals surface area (Å²) >= 11 is 1.59. The fourth-order valence-corrected chi connectivity index (χ4v) is 3.74. The van der Waals surface area contributed by atoms with Crippen LogP contribution in [0.1, 0.15) is 22.5 Å². The van der Waals surface area contributed by atoms with Crippen molar-refractivity contribution in [3.63, 3.8) is 0 Å². The molecular weight excluding hydrogens is 334 g/mol. The summed E-state index contributed by atoms with van der Waals surface area (Å²) in [5.74, 6) is 0.954. The summed E-state index contributed by atoms with van der Waals surface area (Å²) < 4.78 is 1.11. The van der Waals surface area contributed by atoms with E-state index < -0.39 is 0 Å². The number of hydrogen-bond donors (Lipinski definition) is 0. The molecule has 6 nitrogen and oxygen atoms in total. The van der Waals surface area contributed by atoms with E-state index in [0.29, 0.717) is 12.1 Å². The van der Waals surface area contributed by atoms with Gasteiger partial charge in [0, 0.05) is 31.7 Å². The molecule has 1 aliphatic rings. The van der Waals surface area contributed by atoms with Gasteiger partial charge in [-0.2, -0.15) is 5.10 Å². The molecule has 0 bridgehead atoms. The lowest BCUT2D eigenvalue weighted by Gasteiger charge is -2.22. The molecule has 0 N–H and O–H groups in total. The molecule has 4 rings (SSSR count). The van der Waals surface area contributed by atoms with Crippen LogP contribution in [-0.4, -0.2) is 52.2 Å². The van der Waals surface area contributed by atoms with Crippen molar-refractivity contribution < 1.29 is 4.79 Å². The molecule has 2 aromatic heterocycles. The predicted octanol–water partition coefficient (Wildman–Crippen LogP) is 2.75. The van der Waals surface area contributed by atoms with E-state index in [1.165, 1.54) is 0 Å². The Morgan fingerprint density at radius 2 is 2.00 bits per heavy atom. The van der Waals surface area contributed by atoms with Crippen LogP contribution < -0.4 is 4.90 Å². The number of carbonyl (C=O) groups is 1. The van der Waals surface area contributed by atoms with Crippen molar-refractivity contribution in [2.75, 3.05) is 31.1 Å². The van der Waals surface area contributed by atoms with E-state index >= 15 is 0 Å². The lowest BCUT2D eigenvalue weighted by molar-refractivity contribution is 0.0767. The second-order valence-corrected chi connectivity index (χ2v) is 7.09. The molecule has 1 amide bonds. The Labute approximate surface area is 150 Å². The molecule has 0 atom stereocenters. The van der Waals surface area contributed by atoms with Crippen molar-refractivity contribution in [2.24, 2.45) is 0 Å². The Kier molecular flexibility index (Phi) is 4.31. The van der Waals surface area contributed by atoms with Gasteiger partial charge in [0.15, 0.2) is 5.82 Å². The van der Waals surface area contributed by atoms with E-state index in [4.69, 9.17) is 0 Å². The normalized spacial score (nSPS) is 15.4. The molecule has 1 aromatic carbocycles. The molecule has 0 unspecified atom stereocenters. The Hall–Kier alpha value is -2.54. The average molecular weight is 353 g/mol. The number of carbonyl (C=O) groups excluding carboxylic acids is 1. The van der Waals surface area contributed by atoms with Gasteiger partial charge >= 0.3 is 0 Å². The minimum Gasteiger partial charge on any atom is -0.353 e. The Balaban J connectivity index is 1.48. The first-order chi connectivity index (χ1) is 12.2. The number of fused-ring (bicyclic) bond motifs is 1. The molecule has 3 aromatic rings. The number of rotatable bonds is 2. The minimum atomic E-state index is 0.0757. The number of benzene rings is 1. The quantitative estimate of drug-likeness (QED) is 0.709. The predicted molar refractivity (Wildman–Crippen MR) is 99.1 cm³/mol. The van der Waals surface area contributed by atoms with Crippen LogP contribution in [0.15, 0.2) is 35.8 Å². The highest BCUT2D eigenvalue weighted by atomic mass is 32.1. The van der Waals surface area contributed by atoms with Crippen LogP contribution in [-0.2, 0) is 0 Å². The van der Waals surface area contributed by atoms with E-state index in [2.05, 4.69) is 20.1 Å². The maximum absolute atomic E-state index is 12.9. The zero-order chi connectivity index (χ0) is 17.2. The maximum atomic E-state index is 12.9. The molecule has 0 aliphatic carbocycles. The zero-order valence-electron chi connectivity index (χ0n) is 14.1. The monoisotopic (exact) mass is 353 g/mol. The second kappa shape index (κ2) is 6.76. The molecule has 0 saturated carbocycles. The summed E-state index contributed by atoms with van der Waals surface area (Å²) in [7, 11) is 0. The minimum absolute atomic E-state index is 0.0757. The molecule has 1 aliphatic heterocycles. The third-order valence-electron chi connectivity index (χ3n) is 4.47. The number of anilines is 1. The van der Waals surface area contributed by atoms with Gasteiger partial charge in [-0.1, -0.05) is 0 Å². The van der Waals surface area contributed by atoms with Gasteiger partial charge in [0.05, 0.1) is 21.4 Å². The van der Waals surface area contributed by atoms with Crippen LogP contribution >= 0.6 is 11.3 Å². The number of nitrogens with zero attached hydrogens (tertiary/aromatic N) is 5. The molecule has 7 heteroatoms. The van der Waals surface area contributed by atoms with Crippen molar-refractivity contribution in [2.45, 2.75) is 13.3 Å². The van der Waals surface area contributed by atoms with Crippen LogP contribution in [0.2, 0.25) is 0 Å². The Morgan fingerprint density at radius 1 is 1.08 bits per heavy atom. The molecule has 128 valence electrons. The van der Waals surface area contributed by atoms with Gasteiger partial charge in [0.2, 0.25) is 0 Å². The van der Waals surface area contributed by atoms with E-state index in [1.807, 2.05) is 47.7 Å². The molecule has 3 heterocycles. The van der Waals surface area contributed by atoms with E-state index in [-0.39, 0.29) is 5.91 Å². The smallest absolute Gasteiger partial charge is 0.253 e. The van der Waals surface area contributed by atoms with E-state index in [1.54, 1.807) is 11.3 Å². The van der Waals surface area contributed by atoms with Gasteiger partial charge in [0.25, 0.3) is 5.91 Å². The summed E-state index contributed by atoms with van der Waals surface area (Å²) in [5, 5.41) is 8.40. The first kappa shape index (κ1) is 16.0. The summed E-state index contributed by atoms with van der Waals surface area (Å²) in [6.45, 7) is 5.01. The third-order valence-corrected chi connectivity index (χ3v) is 5.28. The topological polar surface area (TPSA) is 62.2 Å². The molecule has 25 heavy (non-hydrogen) atoms. The molecule has 1 fully saturated rings. The standard InChI is InChI=1S/C18H19N5OS/c1-13-3-6-17(21-20-13)22-7-2-8-23(10-9-22)18(24)14-4-5-16-15(11-14)19-12-25-16/h3-6,11-12H,2,7-10H2,1H3. The molecule has 1 saturated heterocycles. The van der Waals surface area contributed by atoms with Crippen LogP contribution in [0.25, 0.3) is 10.2 Å². The molecule has 0 spiro atoms. The highest BCUT2D eigenvalue weighted by molar-refractivity contribution is 7.16. The number of aromatic nitrogens is 3. The lowest BCUT2D eigenvalue weighted by Crippen LogP contribution is -2.35. The van der Waals surface area contributed by atoms with Gasteiger partial charge in [-0.05, 0) is 43.7 Å². The summed E-state index contributed by atoms with van der Waals surface area (Å²) in [5.41, 5.74) is 4.32. The van der Waals surface area contributed by atoms with E-state index in [9.17, 15) is 4.79 Å². The van der Waals surface area contributed by atoms with Crippen LogP contribution in [0.5, 0.6) is 0 Å². The van der Waals surface area contributed by atoms with Crippen LogP contribution in [0.4, 0.5) is 5.82 Å². The summed E-state index contributed by atoms with van der Waals surface area (Å²) in [6.07, 6.45) is 0.917. The van der Waals surface area contributed by atoms with Crippen LogP contribution in [0.3, 0.4) is 0 Å². The summed E-state index contributed by atoms with van der Waals surface area (Å²) in [6, 6.07) is 9.74. The largest absolute Gasteiger partial charge is 0.353 e. The second-order valence-electron chi connectivity index (χ2n) is 6.20. The van der Waals surface area contributed by atoms with Crippen molar-refractivity contribution >= 4 is 33.3 Å². The van der Waals surface area contributed by atoms with Gasteiger partial charge in [-0.15, -0.1) is 16.4 Å². The average Bonchev–Trinajstić information content (AvgIpc) is 2.97. The number of hydrogen-bond acceptors (Lipinski definition) is 6. The van der Waals surface area contributed by atoms with Gasteiger partial charge in [-0.3, -0.25) is 4.79 Å². The van der Waals surface area contributed by atoms with Gasteiger partial charge in [0.1, 0.15) is 0 Å². The van der Waals surface area contributed by atoms with Crippen molar-refractivity contribution in [1.29, 1.82) is 0 Å². The maximum Gasteiger partial charge on any atom is 0.253 e. The van der Waals surface area contributed by atoms with Crippen molar-refractivity contribution in [1.82, 2.24) is 20.1 Å². The van der Waals surface area contributed by atoms with Gasteiger partial charge in [-0.25, -0.2) is 4.98 Å². The SMILES string of the molecule is Cc1ccc(N2CCCN(C(=O)c3ccc4scnc4c3)CC2)nn1. The number of thiazole rings is 1. The Morgan fingerprint density at radius 3 is 2.84 bits per heavy atom. The molecule has 0 radical (unpaired) electrons. The molecular formula is C18H19N5OS. The van der Waals surface area contributed by atoms with Crippen molar-refractivity contribution in [3.8, 4) is 0 Å². The number of aryl methyl sites for hydroxylation is 1. The van der Waals surface area contributed by atoms with Crippen LogP contribution in [0, 0.1) is 6.92 Å². The fourth-order valence-electron chi connectivity index (χ4n) is 3.08. The first-order valence-corrected chi connectivity index (χ1v) is 9.26. The van der Waals surface area contributed by atoms with E-state index in [0.717, 1.165) is 47.8 Å². The highest BCUT2D eigenvalue weighted by Gasteiger charge is 2.21. The number of amides is 1. The zero-order valence-corrected chi connectivity index (χ0v) is 14.9. The van der Waals surface area contributed by atoms with Crippen molar-refractivity contribution in [3.05, 3.63) is 47.1 Å².